The van der Waals surface area contributed by atoms with E-state index in [1.54, 1.807) is 0 Å². The Labute approximate surface area is 123 Å². The minimum Gasteiger partial charge on any atom is -0.310 e. The molecule has 19 heavy (non-hydrogen) atoms. The largest absolute Gasteiger partial charge is 0.310 e. The van der Waals surface area contributed by atoms with Crippen LogP contribution in [0.25, 0.3) is 0 Å². The van der Waals surface area contributed by atoms with Crippen LogP contribution in [0.1, 0.15) is 30.5 Å². The zero-order valence-corrected chi connectivity index (χ0v) is 13.7. The minimum absolute atomic E-state index is 0.133. The van der Waals surface area contributed by atoms with Gasteiger partial charge < -0.3 is 5.32 Å². The predicted octanol–water partition coefficient (Wildman–Crippen LogP) is 2.84. The predicted molar refractivity (Wildman–Crippen MR) is 82.1 cm³/mol. The Kier molecular flexibility index (Phi) is 4.69. The zero-order valence-electron chi connectivity index (χ0n) is 11.3. The molecule has 0 saturated carbocycles. The molecule has 2 unspecified atom stereocenters. The fourth-order valence-electron chi connectivity index (χ4n) is 2.72. The van der Waals surface area contributed by atoms with E-state index in [4.69, 9.17) is 0 Å². The highest BCUT2D eigenvalue weighted by molar-refractivity contribution is 9.10. The summed E-state index contributed by atoms with van der Waals surface area (Å²) in [6.45, 7) is 4.96. The van der Waals surface area contributed by atoms with Crippen molar-refractivity contribution in [2.45, 2.75) is 26.3 Å². The summed E-state index contributed by atoms with van der Waals surface area (Å²) in [5.74, 6) is 0.819. The summed E-state index contributed by atoms with van der Waals surface area (Å²) in [6.07, 6.45) is 0.759. The van der Waals surface area contributed by atoms with Crippen LogP contribution in [0.15, 0.2) is 22.7 Å². The lowest BCUT2D eigenvalue weighted by atomic mass is 9.91. The van der Waals surface area contributed by atoms with Crippen LogP contribution in [0.4, 0.5) is 0 Å². The first-order valence-corrected chi connectivity index (χ1v) is 9.24. The van der Waals surface area contributed by atoms with Crippen LogP contribution in [0.3, 0.4) is 0 Å². The molecule has 1 fully saturated rings. The van der Waals surface area contributed by atoms with Gasteiger partial charge in [0, 0.05) is 10.5 Å². The number of hydrogen-bond donors (Lipinski definition) is 1. The van der Waals surface area contributed by atoms with Gasteiger partial charge in [-0.3, -0.25) is 0 Å². The van der Waals surface area contributed by atoms with Crippen LogP contribution in [0, 0.1) is 12.8 Å². The Balaban J connectivity index is 2.27. The van der Waals surface area contributed by atoms with Crippen LogP contribution in [0.5, 0.6) is 0 Å². The van der Waals surface area contributed by atoms with Crippen molar-refractivity contribution in [1.29, 1.82) is 0 Å². The minimum atomic E-state index is -2.83. The van der Waals surface area contributed by atoms with E-state index in [1.165, 1.54) is 11.1 Å². The van der Waals surface area contributed by atoms with E-state index in [0.717, 1.165) is 17.4 Å². The third-order valence-electron chi connectivity index (χ3n) is 3.70. The lowest BCUT2D eigenvalue weighted by Crippen LogP contribution is -2.29. The molecule has 1 aliphatic heterocycles. The van der Waals surface area contributed by atoms with Crippen molar-refractivity contribution in [2.75, 3.05) is 18.1 Å². The van der Waals surface area contributed by atoms with Gasteiger partial charge in [0.25, 0.3) is 0 Å². The molecular weight excluding hydrogens is 326 g/mol. The normalized spacial score (nSPS) is 23.4. The summed E-state index contributed by atoms with van der Waals surface area (Å²) >= 11 is 3.50. The summed E-state index contributed by atoms with van der Waals surface area (Å²) in [5, 5.41) is 3.45. The SMILES string of the molecule is CCNC(c1ccc(Br)c(C)c1)C1CCS(=O)(=O)C1. The molecule has 1 heterocycles. The van der Waals surface area contributed by atoms with E-state index in [9.17, 15) is 8.42 Å². The number of halogens is 1. The van der Waals surface area contributed by atoms with Crippen LogP contribution in [-0.4, -0.2) is 26.5 Å². The molecule has 3 nitrogen and oxygen atoms in total. The smallest absolute Gasteiger partial charge is 0.150 e. The second kappa shape index (κ2) is 5.94. The highest BCUT2D eigenvalue weighted by Crippen LogP contribution is 2.32. The lowest BCUT2D eigenvalue weighted by Gasteiger charge is -2.24. The molecule has 1 saturated heterocycles. The van der Waals surface area contributed by atoms with Crippen molar-refractivity contribution in [2.24, 2.45) is 5.92 Å². The maximum atomic E-state index is 11.7. The number of benzene rings is 1. The van der Waals surface area contributed by atoms with E-state index in [0.29, 0.717) is 11.5 Å². The molecule has 2 rings (SSSR count). The van der Waals surface area contributed by atoms with E-state index >= 15 is 0 Å². The molecule has 1 aliphatic rings. The molecule has 2 atom stereocenters. The van der Waals surface area contributed by atoms with Crippen molar-refractivity contribution < 1.29 is 8.42 Å². The molecule has 1 aromatic carbocycles. The van der Waals surface area contributed by atoms with Gasteiger partial charge in [0.05, 0.1) is 11.5 Å². The quantitative estimate of drug-likeness (QED) is 0.912. The fourth-order valence-corrected chi connectivity index (χ4v) is 4.81. The number of aryl methyl sites for hydroxylation is 1. The second-order valence-corrected chi connectivity index (χ2v) is 8.29. The van der Waals surface area contributed by atoms with Gasteiger partial charge in [-0.1, -0.05) is 35.0 Å². The maximum Gasteiger partial charge on any atom is 0.150 e. The summed E-state index contributed by atoms with van der Waals surface area (Å²) in [4.78, 5) is 0. The highest BCUT2D eigenvalue weighted by Gasteiger charge is 2.34. The van der Waals surface area contributed by atoms with Crippen molar-refractivity contribution in [3.63, 3.8) is 0 Å². The highest BCUT2D eigenvalue weighted by atomic mass is 79.9. The molecular formula is C14H20BrNO2S. The monoisotopic (exact) mass is 345 g/mol. The summed E-state index contributed by atoms with van der Waals surface area (Å²) in [6, 6.07) is 6.39. The average molecular weight is 346 g/mol. The number of rotatable bonds is 4. The molecule has 0 bridgehead atoms. The van der Waals surface area contributed by atoms with E-state index < -0.39 is 9.84 Å². The molecule has 106 valence electrons. The van der Waals surface area contributed by atoms with Crippen LogP contribution in [0.2, 0.25) is 0 Å². The van der Waals surface area contributed by atoms with Crippen molar-refractivity contribution in [1.82, 2.24) is 5.32 Å². The van der Waals surface area contributed by atoms with E-state index in [1.807, 2.05) is 6.07 Å². The molecule has 0 aliphatic carbocycles. The third-order valence-corrected chi connectivity index (χ3v) is 6.39. The van der Waals surface area contributed by atoms with E-state index in [-0.39, 0.29) is 12.0 Å². The topological polar surface area (TPSA) is 46.2 Å². The molecule has 0 radical (unpaired) electrons. The summed E-state index contributed by atoms with van der Waals surface area (Å²) in [5.41, 5.74) is 2.37. The number of nitrogens with one attached hydrogen (secondary N) is 1. The molecule has 0 spiro atoms. The second-order valence-electron chi connectivity index (χ2n) is 5.21. The third kappa shape index (κ3) is 3.58. The van der Waals surface area contributed by atoms with Crippen LogP contribution < -0.4 is 5.32 Å². The molecule has 1 N–H and O–H groups in total. The van der Waals surface area contributed by atoms with Gasteiger partial charge in [0.2, 0.25) is 0 Å². The Bertz CT molecular complexity index is 557. The van der Waals surface area contributed by atoms with Gasteiger partial charge in [0.15, 0.2) is 9.84 Å². The molecule has 5 heteroatoms. The zero-order chi connectivity index (χ0) is 14.0. The Morgan fingerprint density at radius 2 is 2.21 bits per heavy atom. The summed E-state index contributed by atoms with van der Waals surface area (Å²) in [7, 11) is -2.83. The molecule has 0 aromatic heterocycles. The van der Waals surface area contributed by atoms with Gasteiger partial charge >= 0.3 is 0 Å². The van der Waals surface area contributed by atoms with Gasteiger partial charge in [-0.2, -0.15) is 0 Å². The van der Waals surface area contributed by atoms with Crippen LogP contribution in [-0.2, 0) is 9.84 Å². The fraction of sp³-hybridized carbons (Fsp3) is 0.571. The van der Waals surface area contributed by atoms with Gasteiger partial charge in [-0.05, 0) is 43.0 Å². The van der Waals surface area contributed by atoms with Crippen molar-refractivity contribution in [3.05, 3.63) is 33.8 Å². The molecule has 0 amide bonds. The first-order chi connectivity index (χ1) is 8.93. The van der Waals surface area contributed by atoms with Crippen molar-refractivity contribution >= 4 is 25.8 Å². The first kappa shape index (κ1) is 15.0. The van der Waals surface area contributed by atoms with Gasteiger partial charge in [-0.15, -0.1) is 0 Å². The number of hydrogen-bond acceptors (Lipinski definition) is 3. The standard InChI is InChI=1S/C14H20BrNO2S/c1-3-16-14(12-6-7-19(17,18)9-12)11-4-5-13(15)10(2)8-11/h4-5,8,12,14,16H,3,6-7,9H2,1-2H3. The maximum absolute atomic E-state index is 11.7. The number of sulfone groups is 1. The summed E-state index contributed by atoms with van der Waals surface area (Å²) < 4.78 is 24.4. The average Bonchev–Trinajstić information content (AvgIpc) is 2.70. The Morgan fingerprint density at radius 1 is 1.47 bits per heavy atom. The van der Waals surface area contributed by atoms with Crippen molar-refractivity contribution in [3.8, 4) is 0 Å². The Morgan fingerprint density at radius 3 is 2.74 bits per heavy atom. The first-order valence-electron chi connectivity index (χ1n) is 6.63. The van der Waals surface area contributed by atoms with E-state index in [2.05, 4.69) is 47.2 Å². The molecule has 1 aromatic rings. The Hall–Kier alpha value is -0.390. The van der Waals surface area contributed by atoms with Gasteiger partial charge in [-0.25, -0.2) is 8.42 Å². The van der Waals surface area contributed by atoms with Crippen LogP contribution >= 0.6 is 15.9 Å². The van der Waals surface area contributed by atoms with Gasteiger partial charge in [0.1, 0.15) is 0 Å². The lowest BCUT2D eigenvalue weighted by molar-refractivity contribution is 0.400.